The van der Waals surface area contributed by atoms with E-state index in [1.807, 2.05) is 6.07 Å². The van der Waals surface area contributed by atoms with Crippen LogP contribution < -0.4 is 5.73 Å². The maximum atomic E-state index is 11.1. The van der Waals surface area contributed by atoms with Gasteiger partial charge >= 0.3 is 0 Å². The van der Waals surface area contributed by atoms with E-state index in [2.05, 4.69) is 0 Å². The molecule has 2 N–H and O–H groups in total. The van der Waals surface area contributed by atoms with Gasteiger partial charge in [0.25, 0.3) is 0 Å². The molecule has 4 heteroatoms. The van der Waals surface area contributed by atoms with Crippen molar-refractivity contribution in [3.8, 4) is 6.07 Å². The zero-order valence-corrected chi connectivity index (χ0v) is 7.78. The highest BCUT2D eigenvalue weighted by Crippen LogP contribution is 2.30. The van der Waals surface area contributed by atoms with Crippen LogP contribution in [0.5, 0.6) is 0 Å². The molecule has 14 heavy (non-hydrogen) atoms. The Morgan fingerprint density at radius 1 is 1.71 bits per heavy atom. The van der Waals surface area contributed by atoms with Crippen LogP contribution in [0.3, 0.4) is 0 Å². The molecular formula is C10H10N2O2. The number of rotatable bonds is 2. The van der Waals surface area contributed by atoms with Crippen molar-refractivity contribution in [1.82, 2.24) is 0 Å². The molecular weight excluding hydrogens is 180 g/mol. The van der Waals surface area contributed by atoms with Crippen molar-refractivity contribution in [2.45, 2.75) is 13.3 Å². The first-order valence-electron chi connectivity index (χ1n) is 4.12. The standard InChI is InChI=1S/C10H10N2O2/c1-10(6-11,9(12)14)7-3-2-4-8(13)5-7/h2-4H,5H2,1H3,(H2,12,14). The van der Waals surface area contributed by atoms with E-state index in [9.17, 15) is 9.59 Å². The zero-order valence-electron chi connectivity index (χ0n) is 7.78. The van der Waals surface area contributed by atoms with Gasteiger partial charge in [-0.05, 0) is 18.6 Å². The molecule has 0 aromatic heterocycles. The van der Waals surface area contributed by atoms with Crippen molar-refractivity contribution in [2.24, 2.45) is 11.1 Å². The van der Waals surface area contributed by atoms with E-state index in [1.54, 1.807) is 6.08 Å². The van der Waals surface area contributed by atoms with Gasteiger partial charge in [0.1, 0.15) is 0 Å². The van der Waals surface area contributed by atoms with Crippen molar-refractivity contribution in [3.05, 3.63) is 23.8 Å². The predicted octanol–water partition coefficient (Wildman–Crippen LogP) is 0.457. The number of amides is 1. The summed E-state index contributed by atoms with van der Waals surface area (Å²) in [6, 6.07) is 1.84. The van der Waals surface area contributed by atoms with Gasteiger partial charge in [-0.15, -0.1) is 0 Å². The third-order valence-electron chi connectivity index (χ3n) is 2.30. The number of allylic oxidation sites excluding steroid dienone is 3. The van der Waals surface area contributed by atoms with Crippen LogP contribution in [-0.2, 0) is 9.59 Å². The second-order valence-electron chi connectivity index (χ2n) is 3.30. The van der Waals surface area contributed by atoms with Crippen LogP contribution in [-0.4, -0.2) is 11.7 Å². The summed E-state index contributed by atoms with van der Waals surface area (Å²) in [4.78, 5) is 22.2. The van der Waals surface area contributed by atoms with Gasteiger partial charge in [0.05, 0.1) is 6.07 Å². The molecule has 0 aliphatic heterocycles. The summed E-state index contributed by atoms with van der Waals surface area (Å²) in [5, 5.41) is 8.87. The number of hydrogen-bond acceptors (Lipinski definition) is 3. The first-order chi connectivity index (χ1) is 6.50. The van der Waals surface area contributed by atoms with Crippen LogP contribution in [0.1, 0.15) is 13.3 Å². The van der Waals surface area contributed by atoms with E-state index in [0.29, 0.717) is 5.57 Å². The van der Waals surface area contributed by atoms with Crippen molar-refractivity contribution >= 4 is 11.7 Å². The minimum Gasteiger partial charge on any atom is -0.368 e. The van der Waals surface area contributed by atoms with Gasteiger partial charge in [-0.25, -0.2) is 0 Å². The van der Waals surface area contributed by atoms with Crippen molar-refractivity contribution in [2.75, 3.05) is 0 Å². The third kappa shape index (κ3) is 1.57. The van der Waals surface area contributed by atoms with Gasteiger partial charge in [-0.3, -0.25) is 9.59 Å². The Hall–Kier alpha value is -1.89. The Bertz CT molecular complexity index is 387. The number of carbonyl (C=O) groups excluding carboxylic acids is 2. The fraction of sp³-hybridized carbons (Fsp3) is 0.300. The number of carbonyl (C=O) groups is 2. The Kier molecular flexibility index (Phi) is 2.52. The fourth-order valence-electron chi connectivity index (χ4n) is 1.21. The van der Waals surface area contributed by atoms with E-state index in [-0.39, 0.29) is 12.2 Å². The van der Waals surface area contributed by atoms with Crippen molar-refractivity contribution in [3.63, 3.8) is 0 Å². The number of primary amides is 1. The number of hydrogen-bond donors (Lipinski definition) is 1. The number of nitriles is 1. The summed E-state index contributed by atoms with van der Waals surface area (Å²) >= 11 is 0. The molecule has 72 valence electrons. The van der Waals surface area contributed by atoms with Crippen LogP contribution in [0.25, 0.3) is 0 Å². The van der Waals surface area contributed by atoms with Gasteiger partial charge in [0, 0.05) is 6.42 Å². The van der Waals surface area contributed by atoms with E-state index in [4.69, 9.17) is 11.0 Å². The van der Waals surface area contributed by atoms with Crippen LogP contribution in [0.15, 0.2) is 23.8 Å². The van der Waals surface area contributed by atoms with E-state index in [0.717, 1.165) is 0 Å². The molecule has 0 saturated heterocycles. The van der Waals surface area contributed by atoms with Gasteiger partial charge < -0.3 is 5.73 Å². The quantitative estimate of drug-likeness (QED) is 0.686. The van der Waals surface area contributed by atoms with Gasteiger partial charge in [-0.1, -0.05) is 12.2 Å². The van der Waals surface area contributed by atoms with Crippen LogP contribution in [0.4, 0.5) is 0 Å². The molecule has 1 aliphatic rings. The molecule has 1 aliphatic carbocycles. The monoisotopic (exact) mass is 190 g/mol. The molecule has 0 aromatic rings. The predicted molar refractivity (Wildman–Crippen MR) is 49.8 cm³/mol. The highest BCUT2D eigenvalue weighted by atomic mass is 16.1. The lowest BCUT2D eigenvalue weighted by molar-refractivity contribution is -0.122. The molecule has 0 spiro atoms. The number of nitrogens with two attached hydrogens (primary N) is 1. The minimum absolute atomic E-state index is 0.0868. The highest BCUT2D eigenvalue weighted by molar-refractivity contribution is 5.96. The van der Waals surface area contributed by atoms with E-state index in [1.165, 1.54) is 19.1 Å². The highest BCUT2D eigenvalue weighted by Gasteiger charge is 2.36. The lowest BCUT2D eigenvalue weighted by Gasteiger charge is -2.21. The third-order valence-corrected chi connectivity index (χ3v) is 2.30. The second kappa shape index (κ2) is 3.46. The molecule has 1 unspecified atom stereocenters. The smallest absolute Gasteiger partial charge is 0.241 e. The van der Waals surface area contributed by atoms with Crippen LogP contribution >= 0.6 is 0 Å². The lowest BCUT2D eigenvalue weighted by Crippen LogP contribution is -2.35. The largest absolute Gasteiger partial charge is 0.368 e. The fourth-order valence-corrected chi connectivity index (χ4v) is 1.21. The number of ketones is 1. The Labute approximate surface area is 81.7 Å². The summed E-state index contributed by atoms with van der Waals surface area (Å²) in [7, 11) is 0. The molecule has 0 saturated carbocycles. The number of nitrogens with zero attached hydrogens (tertiary/aromatic N) is 1. The summed E-state index contributed by atoms with van der Waals surface area (Å²) in [6.45, 7) is 1.42. The molecule has 0 radical (unpaired) electrons. The van der Waals surface area contributed by atoms with Crippen molar-refractivity contribution < 1.29 is 9.59 Å². The van der Waals surface area contributed by atoms with Gasteiger partial charge in [-0.2, -0.15) is 5.26 Å². The average Bonchev–Trinajstić information content (AvgIpc) is 2.16. The lowest BCUT2D eigenvalue weighted by atomic mass is 9.78. The summed E-state index contributed by atoms with van der Waals surface area (Å²) < 4.78 is 0. The van der Waals surface area contributed by atoms with E-state index >= 15 is 0 Å². The van der Waals surface area contributed by atoms with Crippen molar-refractivity contribution in [1.29, 1.82) is 5.26 Å². The molecule has 4 nitrogen and oxygen atoms in total. The molecule has 1 rings (SSSR count). The maximum absolute atomic E-state index is 11.1. The average molecular weight is 190 g/mol. The zero-order chi connectivity index (χ0) is 10.8. The first kappa shape index (κ1) is 10.2. The Morgan fingerprint density at radius 2 is 2.36 bits per heavy atom. The Balaban J connectivity index is 3.10. The summed E-state index contributed by atoms with van der Waals surface area (Å²) in [6.07, 6.45) is 4.61. The summed E-state index contributed by atoms with van der Waals surface area (Å²) in [5.41, 5.74) is 4.20. The van der Waals surface area contributed by atoms with E-state index < -0.39 is 11.3 Å². The van der Waals surface area contributed by atoms with Gasteiger partial charge in [0.2, 0.25) is 5.91 Å². The SMILES string of the molecule is CC(C#N)(C(N)=O)C1=CC=CC(=O)C1. The normalized spacial score (nSPS) is 19.4. The van der Waals surface area contributed by atoms with Gasteiger partial charge in [0.15, 0.2) is 11.2 Å². The van der Waals surface area contributed by atoms with Crippen LogP contribution in [0.2, 0.25) is 0 Å². The summed E-state index contributed by atoms with van der Waals surface area (Å²) in [5.74, 6) is -0.848. The Morgan fingerprint density at radius 3 is 2.79 bits per heavy atom. The molecule has 0 bridgehead atoms. The topological polar surface area (TPSA) is 83.9 Å². The molecule has 1 amide bonds. The minimum atomic E-state index is -1.37. The van der Waals surface area contributed by atoms with Crippen LogP contribution in [0, 0.1) is 16.7 Å². The maximum Gasteiger partial charge on any atom is 0.241 e. The molecule has 0 fully saturated rings. The molecule has 0 aromatic carbocycles. The first-order valence-corrected chi connectivity index (χ1v) is 4.12. The molecule has 1 atom stereocenters. The second-order valence-corrected chi connectivity index (χ2v) is 3.30. The molecule has 0 heterocycles.